The van der Waals surface area contributed by atoms with E-state index in [4.69, 9.17) is 0 Å². The van der Waals surface area contributed by atoms with Gasteiger partial charge in [0.1, 0.15) is 0 Å². The molecular formula is C14H26N2O2S2. The molecule has 4 nitrogen and oxygen atoms in total. The Kier molecular flexibility index (Phi) is 7.15. The Hall–Kier alpha value is -0.430. The van der Waals surface area contributed by atoms with E-state index < -0.39 is 10.0 Å². The summed E-state index contributed by atoms with van der Waals surface area (Å²) >= 11 is 1.71. The van der Waals surface area contributed by atoms with Crippen LogP contribution in [0.25, 0.3) is 0 Å². The molecule has 20 heavy (non-hydrogen) atoms. The quantitative estimate of drug-likeness (QED) is 0.688. The van der Waals surface area contributed by atoms with Gasteiger partial charge in [-0.25, -0.2) is 13.1 Å². The van der Waals surface area contributed by atoms with Gasteiger partial charge in [0.05, 0.1) is 5.75 Å². The Morgan fingerprint density at radius 2 is 2.00 bits per heavy atom. The van der Waals surface area contributed by atoms with Crippen LogP contribution < -0.4 is 10.0 Å². The van der Waals surface area contributed by atoms with Crippen molar-refractivity contribution in [1.29, 1.82) is 0 Å². The molecule has 0 saturated heterocycles. The number of thiophene rings is 1. The number of aryl methyl sites for hydroxylation is 2. The fourth-order valence-corrected chi connectivity index (χ4v) is 4.58. The van der Waals surface area contributed by atoms with Crippen LogP contribution >= 0.6 is 11.3 Å². The van der Waals surface area contributed by atoms with Gasteiger partial charge in [0.25, 0.3) is 0 Å². The maximum Gasteiger partial charge on any atom is 0.212 e. The molecule has 2 N–H and O–H groups in total. The van der Waals surface area contributed by atoms with Crippen molar-refractivity contribution in [2.75, 3.05) is 18.8 Å². The topological polar surface area (TPSA) is 58.2 Å². The first kappa shape index (κ1) is 17.6. The highest BCUT2D eigenvalue weighted by atomic mass is 32.2. The molecule has 1 aromatic rings. The van der Waals surface area contributed by atoms with Crippen LogP contribution in [0.1, 0.15) is 48.0 Å². The third kappa shape index (κ3) is 5.91. The Balaban J connectivity index is 2.47. The second kappa shape index (κ2) is 8.12. The molecule has 0 fully saturated rings. The Bertz CT molecular complexity index is 509. The smallest absolute Gasteiger partial charge is 0.212 e. The van der Waals surface area contributed by atoms with Crippen LogP contribution in [0.4, 0.5) is 0 Å². The second-order valence-electron chi connectivity index (χ2n) is 5.09. The van der Waals surface area contributed by atoms with E-state index >= 15 is 0 Å². The molecule has 1 rings (SSSR count). The average Bonchev–Trinajstić information content (AvgIpc) is 2.67. The van der Waals surface area contributed by atoms with Gasteiger partial charge in [0.15, 0.2) is 0 Å². The van der Waals surface area contributed by atoms with Gasteiger partial charge in [0.2, 0.25) is 10.0 Å². The lowest BCUT2D eigenvalue weighted by Gasteiger charge is -2.14. The molecule has 0 saturated carbocycles. The molecule has 0 aliphatic rings. The van der Waals surface area contributed by atoms with Crippen LogP contribution in [0.3, 0.4) is 0 Å². The molecule has 0 bridgehead atoms. The highest BCUT2D eigenvalue weighted by Gasteiger charge is 2.18. The standard InChI is InChI=1S/C14H26N2O2S2/c1-5-15-8-6-7-9-20(17,18)16-12(3)14-10-11(2)19-13(14)4/h10,12,15-16H,5-9H2,1-4H3. The van der Waals surface area contributed by atoms with E-state index in [2.05, 4.69) is 16.1 Å². The monoisotopic (exact) mass is 318 g/mol. The van der Waals surface area contributed by atoms with E-state index in [0.717, 1.165) is 25.1 Å². The van der Waals surface area contributed by atoms with E-state index in [1.807, 2.05) is 27.7 Å². The van der Waals surface area contributed by atoms with Gasteiger partial charge in [-0.3, -0.25) is 0 Å². The maximum absolute atomic E-state index is 12.0. The zero-order valence-electron chi connectivity index (χ0n) is 12.8. The maximum atomic E-state index is 12.0. The molecule has 116 valence electrons. The number of rotatable bonds is 9. The summed E-state index contributed by atoms with van der Waals surface area (Å²) in [6, 6.07) is 1.91. The summed E-state index contributed by atoms with van der Waals surface area (Å²) in [6.45, 7) is 9.84. The number of nitrogens with one attached hydrogen (secondary N) is 2. The minimum atomic E-state index is -3.20. The SMILES string of the molecule is CCNCCCCS(=O)(=O)NC(C)c1cc(C)sc1C. The van der Waals surface area contributed by atoms with Gasteiger partial charge in [0, 0.05) is 15.8 Å². The zero-order valence-corrected chi connectivity index (χ0v) is 14.5. The van der Waals surface area contributed by atoms with Crippen molar-refractivity contribution in [3.63, 3.8) is 0 Å². The molecule has 1 heterocycles. The van der Waals surface area contributed by atoms with Gasteiger partial charge in [-0.15, -0.1) is 11.3 Å². The van der Waals surface area contributed by atoms with E-state index in [-0.39, 0.29) is 11.8 Å². The van der Waals surface area contributed by atoms with Crippen molar-refractivity contribution in [1.82, 2.24) is 10.0 Å². The lowest BCUT2D eigenvalue weighted by atomic mass is 10.1. The number of hydrogen-bond donors (Lipinski definition) is 2. The van der Waals surface area contributed by atoms with Crippen LogP contribution in [0, 0.1) is 13.8 Å². The van der Waals surface area contributed by atoms with Crippen LogP contribution in [0.2, 0.25) is 0 Å². The summed E-state index contributed by atoms with van der Waals surface area (Å²) in [5, 5.41) is 3.20. The van der Waals surface area contributed by atoms with Crippen molar-refractivity contribution in [3.8, 4) is 0 Å². The normalized spacial score (nSPS) is 13.6. The Morgan fingerprint density at radius 3 is 2.55 bits per heavy atom. The molecule has 0 amide bonds. The summed E-state index contributed by atoms with van der Waals surface area (Å²) in [5.41, 5.74) is 1.09. The lowest BCUT2D eigenvalue weighted by molar-refractivity contribution is 0.560. The highest BCUT2D eigenvalue weighted by molar-refractivity contribution is 7.89. The molecule has 0 radical (unpaired) electrons. The van der Waals surface area contributed by atoms with Gasteiger partial charge >= 0.3 is 0 Å². The minimum Gasteiger partial charge on any atom is -0.317 e. The summed E-state index contributed by atoms with van der Waals surface area (Å²) in [4.78, 5) is 2.40. The summed E-state index contributed by atoms with van der Waals surface area (Å²) in [7, 11) is -3.20. The lowest BCUT2D eigenvalue weighted by Crippen LogP contribution is -2.29. The Labute approximate surface area is 127 Å². The van der Waals surface area contributed by atoms with Crippen LogP contribution in [-0.4, -0.2) is 27.3 Å². The first-order valence-electron chi connectivity index (χ1n) is 7.13. The predicted molar refractivity (Wildman–Crippen MR) is 86.9 cm³/mol. The van der Waals surface area contributed by atoms with E-state index in [0.29, 0.717) is 6.42 Å². The predicted octanol–water partition coefficient (Wildman–Crippen LogP) is 2.74. The van der Waals surface area contributed by atoms with Crippen molar-refractivity contribution >= 4 is 21.4 Å². The highest BCUT2D eigenvalue weighted by Crippen LogP contribution is 2.26. The molecule has 6 heteroatoms. The number of sulfonamides is 1. The second-order valence-corrected chi connectivity index (χ2v) is 8.42. The fourth-order valence-electron chi connectivity index (χ4n) is 2.19. The van der Waals surface area contributed by atoms with Crippen LogP contribution in [0.15, 0.2) is 6.07 Å². The molecule has 0 aliphatic heterocycles. The van der Waals surface area contributed by atoms with E-state index in [1.54, 1.807) is 11.3 Å². The van der Waals surface area contributed by atoms with Crippen molar-refractivity contribution in [2.24, 2.45) is 0 Å². The average molecular weight is 319 g/mol. The van der Waals surface area contributed by atoms with Gasteiger partial charge in [-0.05, 0) is 58.3 Å². The summed E-state index contributed by atoms with van der Waals surface area (Å²) < 4.78 is 26.8. The van der Waals surface area contributed by atoms with E-state index in [1.165, 1.54) is 9.75 Å². The fraction of sp³-hybridized carbons (Fsp3) is 0.714. The minimum absolute atomic E-state index is 0.154. The first-order valence-corrected chi connectivity index (χ1v) is 9.60. The van der Waals surface area contributed by atoms with Gasteiger partial charge < -0.3 is 5.32 Å². The van der Waals surface area contributed by atoms with Gasteiger partial charge in [-0.2, -0.15) is 0 Å². The largest absolute Gasteiger partial charge is 0.317 e. The first-order chi connectivity index (χ1) is 9.35. The van der Waals surface area contributed by atoms with Crippen molar-refractivity contribution in [2.45, 2.75) is 46.6 Å². The van der Waals surface area contributed by atoms with Gasteiger partial charge in [-0.1, -0.05) is 6.92 Å². The molecule has 1 aromatic heterocycles. The molecule has 1 unspecified atom stereocenters. The number of hydrogen-bond acceptors (Lipinski definition) is 4. The third-order valence-corrected chi connectivity index (χ3v) is 5.69. The molecule has 1 atom stereocenters. The van der Waals surface area contributed by atoms with E-state index in [9.17, 15) is 8.42 Å². The Morgan fingerprint density at radius 1 is 1.30 bits per heavy atom. The van der Waals surface area contributed by atoms with Crippen molar-refractivity contribution < 1.29 is 8.42 Å². The molecular weight excluding hydrogens is 292 g/mol. The third-order valence-electron chi connectivity index (χ3n) is 3.17. The summed E-state index contributed by atoms with van der Waals surface area (Å²) in [5.74, 6) is 0.199. The number of unbranched alkanes of at least 4 members (excludes halogenated alkanes) is 1. The molecule has 0 aliphatic carbocycles. The van der Waals surface area contributed by atoms with Crippen LogP contribution in [-0.2, 0) is 10.0 Å². The van der Waals surface area contributed by atoms with Crippen molar-refractivity contribution in [3.05, 3.63) is 21.4 Å². The molecule has 0 aromatic carbocycles. The summed E-state index contributed by atoms with van der Waals surface area (Å²) in [6.07, 6.45) is 1.58. The molecule has 0 spiro atoms. The zero-order chi connectivity index (χ0) is 15.2. The van der Waals surface area contributed by atoms with Crippen LogP contribution in [0.5, 0.6) is 0 Å².